The molecule has 0 bridgehead atoms. The normalized spacial score (nSPS) is 24.2. The summed E-state index contributed by atoms with van der Waals surface area (Å²) in [5.41, 5.74) is -0.230. The zero-order chi connectivity index (χ0) is 14.8. The molecule has 1 aliphatic carbocycles. The highest BCUT2D eigenvalue weighted by Crippen LogP contribution is 2.19. The third-order valence-electron chi connectivity index (χ3n) is 3.25. The van der Waals surface area contributed by atoms with Gasteiger partial charge in [0.15, 0.2) is 0 Å². The summed E-state index contributed by atoms with van der Waals surface area (Å²) in [5, 5.41) is 5.88. The minimum atomic E-state index is -0.452. The van der Waals surface area contributed by atoms with Crippen LogP contribution in [0.15, 0.2) is 0 Å². The maximum Gasteiger partial charge on any atom is 0.250 e. The molecule has 0 aromatic rings. The zero-order valence-corrected chi connectivity index (χ0v) is 12.6. The summed E-state index contributed by atoms with van der Waals surface area (Å²) in [6.07, 6.45) is 1.68. The Hall–Kier alpha value is -1.14. The van der Waals surface area contributed by atoms with Crippen molar-refractivity contribution in [3.05, 3.63) is 0 Å². The summed E-state index contributed by atoms with van der Waals surface area (Å²) in [4.78, 5) is 25.8. The van der Waals surface area contributed by atoms with Crippen LogP contribution >= 0.6 is 0 Å². The van der Waals surface area contributed by atoms with Crippen molar-refractivity contribution in [1.82, 2.24) is 15.5 Å². The summed E-state index contributed by atoms with van der Waals surface area (Å²) in [7, 11) is 0. The Morgan fingerprint density at radius 1 is 1.30 bits per heavy atom. The number of rotatable bonds is 4. The monoisotopic (exact) mass is 283 g/mol. The molecule has 0 aromatic carbocycles. The first kappa shape index (κ1) is 15.3. The number of amides is 2. The first-order valence-electron chi connectivity index (χ1n) is 7.29. The molecule has 1 saturated carbocycles. The molecular weight excluding hydrogens is 258 g/mol. The van der Waals surface area contributed by atoms with E-state index < -0.39 is 6.10 Å². The van der Waals surface area contributed by atoms with Crippen LogP contribution in [0.5, 0.6) is 0 Å². The predicted octanol–water partition coefficient (Wildman–Crippen LogP) is -0.119. The second-order valence-corrected chi connectivity index (χ2v) is 6.68. The van der Waals surface area contributed by atoms with Crippen LogP contribution in [-0.2, 0) is 14.3 Å². The van der Waals surface area contributed by atoms with E-state index in [1.807, 2.05) is 25.7 Å². The van der Waals surface area contributed by atoms with Crippen molar-refractivity contribution in [2.45, 2.75) is 51.3 Å². The minimum Gasteiger partial charge on any atom is -0.366 e. The van der Waals surface area contributed by atoms with Crippen LogP contribution in [0.3, 0.4) is 0 Å². The van der Waals surface area contributed by atoms with E-state index in [-0.39, 0.29) is 17.4 Å². The molecule has 2 rings (SSSR count). The lowest BCUT2D eigenvalue weighted by molar-refractivity contribution is -0.140. The Balaban J connectivity index is 1.77. The first-order valence-corrected chi connectivity index (χ1v) is 7.29. The van der Waals surface area contributed by atoms with E-state index in [2.05, 4.69) is 10.6 Å². The summed E-state index contributed by atoms with van der Waals surface area (Å²) in [5.74, 6) is -0.0609. The maximum atomic E-state index is 11.9. The molecule has 1 unspecified atom stereocenters. The molecule has 2 amide bonds. The fraction of sp³-hybridized carbons (Fsp3) is 0.857. The third kappa shape index (κ3) is 5.09. The van der Waals surface area contributed by atoms with Crippen LogP contribution in [0.1, 0.15) is 33.6 Å². The first-order chi connectivity index (χ1) is 9.33. The molecule has 114 valence electrons. The molecular formula is C14H25N3O3. The van der Waals surface area contributed by atoms with E-state index in [9.17, 15) is 9.59 Å². The molecule has 0 aromatic heterocycles. The van der Waals surface area contributed by atoms with E-state index in [0.717, 1.165) is 12.8 Å². The quantitative estimate of drug-likeness (QED) is 0.755. The van der Waals surface area contributed by atoms with Crippen molar-refractivity contribution in [1.29, 1.82) is 0 Å². The topological polar surface area (TPSA) is 70.7 Å². The highest BCUT2D eigenvalue weighted by molar-refractivity contribution is 5.82. The van der Waals surface area contributed by atoms with Gasteiger partial charge in [0.05, 0.1) is 13.2 Å². The van der Waals surface area contributed by atoms with Gasteiger partial charge in [0, 0.05) is 24.7 Å². The number of nitrogens with one attached hydrogen (secondary N) is 2. The molecule has 1 aliphatic heterocycles. The van der Waals surface area contributed by atoms with Gasteiger partial charge in [-0.15, -0.1) is 0 Å². The van der Waals surface area contributed by atoms with Crippen LogP contribution in [-0.4, -0.2) is 60.6 Å². The number of carbonyl (C=O) groups excluding carboxylic acids is 2. The van der Waals surface area contributed by atoms with Crippen LogP contribution < -0.4 is 10.6 Å². The van der Waals surface area contributed by atoms with Gasteiger partial charge in [-0.3, -0.25) is 14.5 Å². The van der Waals surface area contributed by atoms with Crippen molar-refractivity contribution in [3.8, 4) is 0 Å². The molecule has 6 nitrogen and oxygen atoms in total. The second kappa shape index (κ2) is 6.10. The van der Waals surface area contributed by atoms with Crippen molar-refractivity contribution < 1.29 is 14.3 Å². The molecule has 1 heterocycles. The average Bonchev–Trinajstić information content (AvgIpc) is 3.10. The van der Waals surface area contributed by atoms with Crippen molar-refractivity contribution in [2.24, 2.45) is 0 Å². The SMILES string of the molecule is CC(C)(C)NC(=O)CN1CCOC(C(=O)NC2CC2)C1. The van der Waals surface area contributed by atoms with Gasteiger partial charge in [0.1, 0.15) is 6.10 Å². The zero-order valence-electron chi connectivity index (χ0n) is 12.6. The van der Waals surface area contributed by atoms with E-state index in [1.54, 1.807) is 0 Å². The second-order valence-electron chi connectivity index (χ2n) is 6.68. The van der Waals surface area contributed by atoms with Gasteiger partial charge in [-0.2, -0.15) is 0 Å². The molecule has 0 spiro atoms. The number of hydrogen-bond acceptors (Lipinski definition) is 4. The van der Waals surface area contributed by atoms with Gasteiger partial charge in [0.25, 0.3) is 5.91 Å². The average molecular weight is 283 g/mol. The Bertz CT molecular complexity index is 374. The van der Waals surface area contributed by atoms with Crippen molar-refractivity contribution in [3.63, 3.8) is 0 Å². The summed E-state index contributed by atoms with van der Waals surface area (Å²) < 4.78 is 5.50. The molecule has 2 N–H and O–H groups in total. The van der Waals surface area contributed by atoms with Crippen LogP contribution in [0.2, 0.25) is 0 Å². The predicted molar refractivity (Wildman–Crippen MR) is 75.2 cm³/mol. The highest BCUT2D eigenvalue weighted by Gasteiger charge is 2.31. The standard InChI is InChI=1S/C14H25N3O3/c1-14(2,3)16-12(18)9-17-6-7-20-11(8-17)13(19)15-10-4-5-10/h10-11H,4-9H2,1-3H3,(H,15,19)(H,16,18). The Kier molecular flexibility index (Phi) is 4.65. The third-order valence-corrected chi connectivity index (χ3v) is 3.25. The summed E-state index contributed by atoms with van der Waals surface area (Å²) in [6, 6.07) is 0.339. The lowest BCUT2D eigenvalue weighted by Gasteiger charge is -2.32. The molecule has 1 saturated heterocycles. The van der Waals surface area contributed by atoms with E-state index in [1.165, 1.54) is 0 Å². The largest absolute Gasteiger partial charge is 0.366 e. The van der Waals surface area contributed by atoms with E-state index >= 15 is 0 Å². The fourth-order valence-electron chi connectivity index (χ4n) is 2.19. The Labute approximate surface area is 120 Å². The molecule has 2 fully saturated rings. The fourth-order valence-corrected chi connectivity index (χ4v) is 2.19. The van der Waals surface area contributed by atoms with Crippen molar-refractivity contribution in [2.75, 3.05) is 26.2 Å². The smallest absolute Gasteiger partial charge is 0.250 e. The maximum absolute atomic E-state index is 11.9. The molecule has 2 aliphatic rings. The summed E-state index contributed by atoms with van der Waals surface area (Å²) in [6.45, 7) is 7.84. The van der Waals surface area contributed by atoms with Gasteiger partial charge >= 0.3 is 0 Å². The summed E-state index contributed by atoms with van der Waals surface area (Å²) >= 11 is 0. The van der Waals surface area contributed by atoms with Gasteiger partial charge in [-0.05, 0) is 33.6 Å². The number of ether oxygens (including phenoxy) is 1. The van der Waals surface area contributed by atoms with Crippen molar-refractivity contribution >= 4 is 11.8 Å². The van der Waals surface area contributed by atoms with E-state index in [0.29, 0.717) is 32.3 Å². The molecule has 20 heavy (non-hydrogen) atoms. The van der Waals surface area contributed by atoms with Gasteiger partial charge in [-0.25, -0.2) is 0 Å². The lowest BCUT2D eigenvalue weighted by Crippen LogP contribution is -2.53. The minimum absolute atomic E-state index is 0.0132. The highest BCUT2D eigenvalue weighted by atomic mass is 16.5. The van der Waals surface area contributed by atoms with E-state index in [4.69, 9.17) is 4.74 Å². The van der Waals surface area contributed by atoms with Gasteiger partial charge < -0.3 is 15.4 Å². The van der Waals surface area contributed by atoms with Crippen LogP contribution in [0, 0.1) is 0 Å². The molecule has 1 atom stereocenters. The molecule has 6 heteroatoms. The lowest BCUT2D eigenvalue weighted by atomic mass is 10.1. The number of carbonyl (C=O) groups is 2. The van der Waals surface area contributed by atoms with Crippen LogP contribution in [0.4, 0.5) is 0 Å². The van der Waals surface area contributed by atoms with Gasteiger partial charge in [-0.1, -0.05) is 0 Å². The van der Waals surface area contributed by atoms with Gasteiger partial charge in [0.2, 0.25) is 5.91 Å². The van der Waals surface area contributed by atoms with Crippen LogP contribution in [0.25, 0.3) is 0 Å². The number of hydrogen-bond donors (Lipinski definition) is 2. The Morgan fingerprint density at radius 3 is 2.60 bits per heavy atom. The number of nitrogens with zero attached hydrogens (tertiary/aromatic N) is 1. The number of morpholine rings is 1. The Morgan fingerprint density at radius 2 is 2.00 bits per heavy atom. The molecule has 0 radical (unpaired) electrons.